The van der Waals surface area contributed by atoms with Gasteiger partial charge in [0.2, 0.25) is 0 Å². The van der Waals surface area contributed by atoms with E-state index in [1.54, 1.807) is 0 Å². The van der Waals surface area contributed by atoms with E-state index in [-0.39, 0.29) is 10.8 Å². The summed E-state index contributed by atoms with van der Waals surface area (Å²) in [6.07, 6.45) is 12.6. The van der Waals surface area contributed by atoms with E-state index in [4.69, 9.17) is 0 Å². The molecule has 402 valence electrons. The van der Waals surface area contributed by atoms with E-state index in [9.17, 15) is 0 Å². The van der Waals surface area contributed by atoms with E-state index in [0.29, 0.717) is 0 Å². The molecule has 0 heterocycles. The molecule has 14 rings (SSSR count). The highest BCUT2D eigenvalue weighted by Gasteiger charge is 2.38. The molecule has 0 bridgehead atoms. The average Bonchev–Trinajstić information content (AvgIpc) is 2.08. The molecule has 0 fully saturated rings. The molecule has 0 nitrogen and oxygen atoms in total. The van der Waals surface area contributed by atoms with Gasteiger partial charge in [0.05, 0.1) is 0 Å². The van der Waals surface area contributed by atoms with Crippen LogP contribution in [0.25, 0.3) is 121 Å². The second-order valence-electron chi connectivity index (χ2n) is 25.0. The Morgan fingerprint density at radius 1 is 0.244 bits per heavy atom. The van der Waals surface area contributed by atoms with E-state index in [0.717, 1.165) is 12.8 Å². The lowest BCUT2D eigenvalue weighted by molar-refractivity contribution is 0.660. The zero-order valence-corrected chi connectivity index (χ0v) is 48.9. The van der Waals surface area contributed by atoms with Crippen LogP contribution in [0, 0.1) is 0 Å². The van der Waals surface area contributed by atoms with Crippen molar-refractivity contribution in [2.75, 3.05) is 0 Å². The fourth-order valence-corrected chi connectivity index (χ4v) is 14.8. The summed E-state index contributed by atoms with van der Waals surface area (Å²) in [6.45, 7) is 14.3. The van der Waals surface area contributed by atoms with Crippen LogP contribution >= 0.6 is 0 Å². The van der Waals surface area contributed by atoms with Crippen molar-refractivity contribution in [2.45, 2.75) is 117 Å². The molecule has 0 saturated heterocycles. The highest BCUT2D eigenvalue weighted by Crippen LogP contribution is 2.55. The van der Waals surface area contributed by atoms with Crippen molar-refractivity contribution in [2.24, 2.45) is 0 Å². The van der Waals surface area contributed by atoms with Gasteiger partial charge in [0.1, 0.15) is 0 Å². The minimum atomic E-state index is -0.201. The van der Waals surface area contributed by atoms with Crippen LogP contribution < -0.4 is 0 Å². The molecule has 0 saturated carbocycles. The topological polar surface area (TPSA) is 0 Å². The fraction of sp³-hybridized carbons (Fsp3) is 0.220. The molecule has 2 aliphatic carbocycles. The quantitative estimate of drug-likeness (QED) is 0.0709. The van der Waals surface area contributed by atoms with Crippen LogP contribution in [0.5, 0.6) is 0 Å². The Morgan fingerprint density at radius 3 is 0.768 bits per heavy atom. The Bertz CT molecular complexity index is 4040. The molecule has 0 unspecified atom stereocenters. The van der Waals surface area contributed by atoms with Gasteiger partial charge < -0.3 is 0 Å². The molecule has 12 aromatic carbocycles. The molecule has 0 N–H and O–H groups in total. The lowest BCUT2D eigenvalue weighted by atomic mass is 9.79. The van der Waals surface area contributed by atoms with Crippen LogP contribution in [0.4, 0.5) is 0 Å². The van der Waals surface area contributed by atoms with Crippen LogP contribution in [0.15, 0.2) is 218 Å². The molecule has 0 spiro atoms. The molecule has 12 aromatic rings. The van der Waals surface area contributed by atoms with E-state index >= 15 is 0 Å². The summed E-state index contributed by atoms with van der Waals surface area (Å²) >= 11 is 0. The number of benzene rings is 12. The first-order chi connectivity index (χ1) is 40.1. The van der Waals surface area contributed by atoms with Gasteiger partial charge in [-0.3, -0.25) is 0 Å². The Balaban J connectivity index is 0.786. The third kappa shape index (κ3) is 8.63. The third-order valence-electron chi connectivity index (χ3n) is 19.2. The minimum absolute atomic E-state index is 0.201. The lowest BCUT2D eigenvalue weighted by Crippen LogP contribution is -2.15. The Labute approximate surface area is 486 Å². The maximum absolute atomic E-state index is 2.52. The number of unbranched alkanes of at least 4 members (excludes halogenated alkanes) is 6. The minimum Gasteiger partial charge on any atom is -0.0654 e. The zero-order valence-electron chi connectivity index (χ0n) is 48.9. The number of fused-ring (bicyclic) bond motifs is 10. The molecule has 0 heteroatoms. The summed E-state index contributed by atoms with van der Waals surface area (Å²) in [4.78, 5) is 0. The number of aryl methyl sites for hydroxylation is 2. The highest BCUT2D eigenvalue weighted by molar-refractivity contribution is 6.23. The molecule has 82 heavy (non-hydrogen) atoms. The van der Waals surface area contributed by atoms with Gasteiger partial charge in [0.15, 0.2) is 0 Å². The first-order valence-electron chi connectivity index (χ1n) is 30.8. The predicted octanol–water partition coefficient (Wildman–Crippen LogP) is 23.5. The van der Waals surface area contributed by atoms with Gasteiger partial charge in [-0.2, -0.15) is 0 Å². The van der Waals surface area contributed by atoms with E-state index in [2.05, 4.69) is 260 Å². The predicted molar refractivity (Wildman–Crippen MR) is 354 cm³/mol. The summed E-state index contributed by atoms with van der Waals surface area (Å²) < 4.78 is 0. The second-order valence-corrected chi connectivity index (χ2v) is 25.0. The summed E-state index contributed by atoms with van der Waals surface area (Å²) in [7, 11) is 0. The van der Waals surface area contributed by atoms with Crippen LogP contribution in [0.1, 0.15) is 126 Å². The Kier molecular flexibility index (Phi) is 13.2. The van der Waals surface area contributed by atoms with Crippen molar-refractivity contribution >= 4 is 43.1 Å². The van der Waals surface area contributed by atoms with Crippen LogP contribution in [-0.4, -0.2) is 0 Å². The second kappa shape index (κ2) is 20.9. The molecule has 2 aliphatic rings. The molecule has 0 radical (unpaired) electrons. The van der Waals surface area contributed by atoms with Gasteiger partial charge in [0.25, 0.3) is 0 Å². The maximum Gasteiger partial charge on any atom is 0.0159 e. The van der Waals surface area contributed by atoms with E-state index in [1.807, 2.05) is 0 Å². The standard InChI is InChI=1S/C82H74/c1-7-9-11-13-23-53-33-37-55(38-34-53)77-65-25-15-19-29-69(65)79(70-30-20-16-26-66(70)77)59-43-47-63-61-45-41-57(49-73(61)81(3,4)75(63)51-59)58-42-46-62-64-48-44-60(52-76(64)82(5,6)74(62)50-58)80-71-31-21-17-27-67(71)78(68-28-18-22-32-72(68)80)56-39-35-54(36-40-56)24-14-12-10-8-2/h15-22,25-52H,7-14,23-24H2,1-6H3. The third-order valence-corrected chi connectivity index (χ3v) is 19.2. The summed E-state index contributed by atoms with van der Waals surface area (Å²) in [5.41, 5.74) is 26.3. The SMILES string of the molecule is CCCCCCc1ccc(-c2c3ccccc3c(-c3ccc4c(c3)C(C)(C)c3cc(-c5ccc6c(c5)C(C)(C)c5cc(-c7c8ccccc8c(-c8ccc(CCCCCC)cc8)c8ccccc78)ccc5-6)ccc3-4)c3ccccc23)cc1. The first kappa shape index (κ1) is 51.8. The molecular weight excluding hydrogens is 985 g/mol. The Morgan fingerprint density at radius 2 is 0.488 bits per heavy atom. The number of hydrogen-bond acceptors (Lipinski definition) is 0. The van der Waals surface area contributed by atoms with Gasteiger partial charge in [-0.05, 0) is 204 Å². The average molecular weight is 1060 g/mol. The molecule has 0 atom stereocenters. The molecule has 0 amide bonds. The summed E-state index contributed by atoms with van der Waals surface area (Å²) in [6, 6.07) is 84.5. The van der Waals surface area contributed by atoms with Crippen molar-refractivity contribution in [3.63, 3.8) is 0 Å². The van der Waals surface area contributed by atoms with E-state index < -0.39 is 0 Å². The maximum atomic E-state index is 2.52. The smallest absolute Gasteiger partial charge is 0.0159 e. The normalized spacial score (nSPS) is 13.7. The summed E-state index contributed by atoms with van der Waals surface area (Å²) in [5.74, 6) is 0. The first-order valence-corrected chi connectivity index (χ1v) is 30.8. The van der Waals surface area contributed by atoms with Crippen LogP contribution in [0.2, 0.25) is 0 Å². The molecule has 0 aromatic heterocycles. The van der Waals surface area contributed by atoms with E-state index in [1.165, 1.54) is 206 Å². The van der Waals surface area contributed by atoms with Crippen molar-refractivity contribution in [3.05, 3.63) is 252 Å². The van der Waals surface area contributed by atoms with Crippen molar-refractivity contribution < 1.29 is 0 Å². The van der Waals surface area contributed by atoms with Gasteiger partial charge in [-0.15, -0.1) is 0 Å². The van der Waals surface area contributed by atoms with Crippen LogP contribution in [-0.2, 0) is 23.7 Å². The van der Waals surface area contributed by atoms with Gasteiger partial charge >= 0.3 is 0 Å². The highest BCUT2D eigenvalue weighted by atomic mass is 14.4. The van der Waals surface area contributed by atoms with Crippen molar-refractivity contribution in [1.29, 1.82) is 0 Å². The fourth-order valence-electron chi connectivity index (χ4n) is 14.8. The Hall–Kier alpha value is -8.32. The van der Waals surface area contributed by atoms with Gasteiger partial charge in [-0.1, -0.05) is 274 Å². The van der Waals surface area contributed by atoms with Gasteiger partial charge in [-0.25, -0.2) is 0 Å². The monoisotopic (exact) mass is 1060 g/mol. The van der Waals surface area contributed by atoms with Crippen LogP contribution in [0.3, 0.4) is 0 Å². The molecular formula is C82H74. The largest absolute Gasteiger partial charge is 0.0654 e. The number of hydrogen-bond donors (Lipinski definition) is 0. The van der Waals surface area contributed by atoms with Gasteiger partial charge in [0, 0.05) is 10.8 Å². The zero-order chi connectivity index (χ0) is 55.7. The summed E-state index contributed by atoms with van der Waals surface area (Å²) in [5, 5.41) is 10.4. The molecule has 0 aliphatic heterocycles. The lowest BCUT2D eigenvalue weighted by Gasteiger charge is -2.24. The van der Waals surface area contributed by atoms with Crippen molar-refractivity contribution in [1.82, 2.24) is 0 Å². The van der Waals surface area contributed by atoms with Crippen molar-refractivity contribution in [3.8, 4) is 77.9 Å². The number of rotatable bonds is 15.